The number of hydrogen-bond donors (Lipinski definition) is 2. The number of unbranched alkanes of at least 4 members (excludes halogenated alkanes) is 1. The number of likely N-dealkylation sites (N-methyl/N-ethyl adjacent to an activating group) is 1. The molecule has 0 aliphatic heterocycles. The third kappa shape index (κ3) is 3.60. The molecule has 5 heteroatoms. The summed E-state index contributed by atoms with van der Waals surface area (Å²) < 4.78 is 0. The molecule has 0 saturated carbocycles. The van der Waals surface area contributed by atoms with Gasteiger partial charge in [-0.3, -0.25) is 15.3 Å². The highest BCUT2D eigenvalue weighted by Crippen LogP contribution is 2.41. The topological polar surface area (TPSA) is 46.2 Å². The molecule has 0 fully saturated rings. The lowest BCUT2D eigenvalue weighted by atomic mass is 9.71. The van der Waals surface area contributed by atoms with Crippen LogP contribution in [0.3, 0.4) is 0 Å². The van der Waals surface area contributed by atoms with Crippen LogP contribution in [0.1, 0.15) is 44.6 Å². The molecule has 4 nitrogen and oxygen atoms in total. The molecule has 0 saturated heterocycles. The highest BCUT2D eigenvalue weighted by molar-refractivity contribution is 7.80. The number of nitrogens with zero attached hydrogens (tertiary/aromatic N) is 1. The fraction of sp³-hybridized carbons (Fsp3) is 0.429. The van der Waals surface area contributed by atoms with E-state index in [4.69, 9.17) is 17.1 Å². The normalized spacial score (nSPS) is 19.8. The van der Waals surface area contributed by atoms with Crippen LogP contribution in [-0.4, -0.2) is 23.6 Å². The van der Waals surface area contributed by atoms with Gasteiger partial charge in [0.15, 0.2) is 0 Å². The highest BCUT2D eigenvalue weighted by Gasteiger charge is 2.42. The lowest BCUT2D eigenvalue weighted by molar-refractivity contribution is 0.0521. The smallest absolute Gasteiger partial charge is 0.0919 e. The summed E-state index contributed by atoms with van der Waals surface area (Å²) in [6.45, 7) is 2.84. The molecule has 1 atom stereocenters. The molecule has 1 aromatic carbocycles. The van der Waals surface area contributed by atoms with Crippen molar-refractivity contribution in [1.29, 1.82) is 0 Å². The maximum Gasteiger partial charge on any atom is 0.0919 e. The van der Waals surface area contributed by atoms with Crippen molar-refractivity contribution >= 4 is 28.1 Å². The Morgan fingerprint density at radius 1 is 1.35 bits per heavy atom. The number of fused-ring (bicyclic) bond motifs is 1. The zero-order valence-corrected chi connectivity index (χ0v) is 16.4. The van der Waals surface area contributed by atoms with Gasteiger partial charge in [-0.25, -0.2) is 0 Å². The van der Waals surface area contributed by atoms with E-state index in [0.717, 1.165) is 59.3 Å². The Hall–Kier alpha value is -1.98. The minimum atomic E-state index is -0.425. The SMILES string of the molecule is CCCCONC1=CCCCC1(C(=S)NC)c1cnc2ccccc2c1. The Labute approximate surface area is 161 Å². The first-order chi connectivity index (χ1) is 12.7. The fourth-order valence-electron chi connectivity index (χ4n) is 3.58. The van der Waals surface area contributed by atoms with E-state index in [1.165, 1.54) is 0 Å². The molecular weight excluding hydrogens is 342 g/mol. The second-order valence-corrected chi connectivity index (χ2v) is 7.12. The maximum atomic E-state index is 5.80. The number of hydrogen-bond acceptors (Lipinski definition) is 4. The van der Waals surface area contributed by atoms with Crippen LogP contribution >= 0.6 is 12.2 Å². The van der Waals surface area contributed by atoms with Crippen molar-refractivity contribution in [3.05, 3.63) is 53.9 Å². The van der Waals surface area contributed by atoms with Crippen LogP contribution in [-0.2, 0) is 10.3 Å². The van der Waals surface area contributed by atoms with Gasteiger partial charge >= 0.3 is 0 Å². The lowest BCUT2D eigenvalue weighted by Gasteiger charge is -2.39. The minimum absolute atomic E-state index is 0.425. The highest BCUT2D eigenvalue weighted by atomic mass is 32.1. The molecule has 1 aromatic heterocycles. The van der Waals surface area contributed by atoms with E-state index >= 15 is 0 Å². The summed E-state index contributed by atoms with van der Waals surface area (Å²) >= 11 is 5.80. The lowest BCUT2D eigenvalue weighted by Crippen LogP contribution is -2.48. The van der Waals surface area contributed by atoms with E-state index in [0.29, 0.717) is 6.61 Å². The first-order valence-electron chi connectivity index (χ1n) is 9.38. The van der Waals surface area contributed by atoms with Crippen LogP contribution in [0.15, 0.2) is 48.3 Å². The molecule has 3 rings (SSSR count). The number of benzene rings is 1. The van der Waals surface area contributed by atoms with E-state index in [1.54, 1.807) is 0 Å². The summed E-state index contributed by atoms with van der Waals surface area (Å²) in [5.41, 5.74) is 5.91. The molecule has 0 radical (unpaired) electrons. The van der Waals surface area contributed by atoms with E-state index in [9.17, 15) is 0 Å². The van der Waals surface area contributed by atoms with Gasteiger partial charge in [0.2, 0.25) is 0 Å². The van der Waals surface area contributed by atoms with Gasteiger partial charge in [-0.1, -0.05) is 49.8 Å². The van der Waals surface area contributed by atoms with Crippen LogP contribution in [0.25, 0.3) is 10.9 Å². The Morgan fingerprint density at radius 3 is 3.00 bits per heavy atom. The predicted octanol–water partition coefficient (Wildman–Crippen LogP) is 4.41. The van der Waals surface area contributed by atoms with Crippen LogP contribution in [0.5, 0.6) is 0 Å². The van der Waals surface area contributed by atoms with Gasteiger partial charge < -0.3 is 5.32 Å². The molecule has 26 heavy (non-hydrogen) atoms. The number of hydroxylamine groups is 1. The van der Waals surface area contributed by atoms with Crippen LogP contribution in [0.4, 0.5) is 0 Å². The Morgan fingerprint density at radius 2 is 2.19 bits per heavy atom. The van der Waals surface area contributed by atoms with Crippen LogP contribution in [0, 0.1) is 0 Å². The molecule has 1 aliphatic rings. The fourth-order valence-corrected chi connectivity index (χ4v) is 3.91. The molecule has 0 spiro atoms. The van der Waals surface area contributed by atoms with Crippen molar-refractivity contribution in [2.75, 3.05) is 13.7 Å². The molecule has 0 amide bonds. The van der Waals surface area contributed by atoms with Gasteiger partial charge in [0, 0.05) is 18.6 Å². The number of nitrogens with one attached hydrogen (secondary N) is 2. The summed E-state index contributed by atoms with van der Waals surface area (Å²) in [6, 6.07) is 10.4. The maximum absolute atomic E-state index is 5.80. The number of allylic oxidation sites excluding steroid dienone is 1. The minimum Gasteiger partial charge on any atom is -0.382 e. The largest absolute Gasteiger partial charge is 0.382 e. The number of aromatic nitrogens is 1. The Balaban J connectivity index is 2.02. The number of thiocarbonyl (C=S) groups is 1. The van der Waals surface area contributed by atoms with Crippen molar-refractivity contribution in [3.8, 4) is 0 Å². The molecule has 1 heterocycles. The van der Waals surface area contributed by atoms with Crippen LogP contribution in [0.2, 0.25) is 0 Å². The van der Waals surface area contributed by atoms with Crippen molar-refractivity contribution < 1.29 is 4.84 Å². The van der Waals surface area contributed by atoms with E-state index < -0.39 is 5.41 Å². The third-order valence-electron chi connectivity index (χ3n) is 5.04. The summed E-state index contributed by atoms with van der Waals surface area (Å²) in [6.07, 6.45) is 9.34. The summed E-state index contributed by atoms with van der Waals surface area (Å²) in [4.78, 5) is 11.2. The molecule has 2 N–H and O–H groups in total. The van der Waals surface area contributed by atoms with Gasteiger partial charge in [0.05, 0.1) is 28.2 Å². The third-order valence-corrected chi connectivity index (χ3v) is 5.60. The second-order valence-electron chi connectivity index (χ2n) is 6.72. The quantitative estimate of drug-likeness (QED) is 0.430. The zero-order chi connectivity index (χ0) is 18.4. The summed E-state index contributed by atoms with van der Waals surface area (Å²) in [5.74, 6) is 0. The van der Waals surface area contributed by atoms with Crippen LogP contribution < -0.4 is 10.8 Å². The average molecular weight is 370 g/mol. The standard InChI is InChI=1S/C21H27N3OS/c1-3-4-13-25-24-19-11-7-8-12-21(19,20(26)22-2)17-14-16-9-5-6-10-18(16)23-15-17/h5-6,9-11,14-15,24H,3-4,7-8,12-13H2,1-2H3,(H,22,26). The van der Waals surface area contributed by atoms with Gasteiger partial charge in [0.25, 0.3) is 0 Å². The van der Waals surface area contributed by atoms with Gasteiger partial charge in [-0.2, -0.15) is 0 Å². The first-order valence-corrected chi connectivity index (χ1v) is 9.79. The number of pyridine rings is 1. The first kappa shape index (κ1) is 18.8. The Bertz CT molecular complexity index is 805. The molecule has 0 bridgehead atoms. The monoisotopic (exact) mass is 369 g/mol. The van der Waals surface area contributed by atoms with Crippen molar-refractivity contribution in [1.82, 2.24) is 15.8 Å². The molecular formula is C21H27N3OS. The average Bonchev–Trinajstić information content (AvgIpc) is 2.70. The second kappa shape index (κ2) is 8.60. The molecule has 138 valence electrons. The van der Waals surface area contributed by atoms with Gasteiger partial charge in [-0.15, -0.1) is 0 Å². The molecule has 2 aromatic rings. The van der Waals surface area contributed by atoms with Gasteiger partial charge in [-0.05, 0) is 43.4 Å². The predicted molar refractivity (Wildman–Crippen MR) is 111 cm³/mol. The summed E-state index contributed by atoms with van der Waals surface area (Å²) in [7, 11) is 1.89. The zero-order valence-electron chi connectivity index (χ0n) is 15.5. The van der Waals surface area contributed by atoms with E-state index in [2.05, 4.69) is 40.9 Å². The molecule has 1 unspecified atom stereocenters. The van der Waals surface area contributed by atoms with Crippen molar-refractivity contribution in [2.24, 2.45) is 0 Å². The number of para-hydroxylation sites is 1. The number of rotatable bonds is 7. The Kier molecular flexibility index (Phi) is 6.22. The van der Waals surface area contributed by atoms with E-state index in [1.807, 2.05) is 31.4 Å². The van der Waals surface area contributed by atoms with Crippen molar-refractivity contribution in [2.45, 2.75) is 44.4 Å². The molecule has 1 aliphatic carbocycles. The van der Waals surface area contributed by atoms with Crippen molar-refractivity contribution in [3.63, 3.8) is 0 Å². The summed E-state index contributed by atoms with van der Waals surface area (Å²) in [5, 5.41) is 4.35. The van der Waals surface area contributed by atoms with Gasteiger partial charge in [0.1, 0.15) is 0 Å². The van der Waals surface area contributed by atoms with E-state index in [-0.39, 0.29) is 0 Å².